The van der Waals surface area contributed by atoms with Gasteiger partial charge in [0.1, 0.15) is 22.8 Å². The van der Waals surface area contributed by atoms with Gasteiger partial charge in [0.05, 0.1) is 11.8 Å². The quantitative estimate of drug-likeness (QED) is 0.446. The smallest absolute Gasteiger partial charge is 0.267 e. The van der Waals surface area contributed by atoms with E-state index in [2.05, 4.69) is 4.98 Å². The number of ether oxygens (including phenoxy) is 1. The molecule has 0 unspecified atom stereocenters. The maximum atomic E-state index is 14.5. The molecule has 3 aromatic rings. The first kappa shape index (κ1) is 24.9. The van der Waals surface area contributed by atoms with Crippen LogP contribution in [0.3, 0.4) is 0 Å². The molecule has 6 nitrogen and oxygen atoms in total. The molecule has 1 N–H and O–H groups in total. The van der Waals surface area contributed by atoms with Crippen LogP contribution in [0.4, 0.5) is 8.78 Å². The van der Waals surface area contributed by atoms with Gasteiger partial charge in [-0.05, 0) is 42.3 Å². The zero-order chi connectivity index (χ0) is 24.3. The van der Waals surface area contributed by atoms with Crippen molar-refractivity contribution in [3.8, 4) is 17.0 Å². The topological polar surface area (TPSA) is 85.4 Å². The minimum absolute atomic E-state index is 0.0145. The first-order valence-electron chi connectivity index (χ1n) is 9.57. The number of benzene rings is 2. The van der Waals surface area contributed by atoms with E-state index in [0.29, 0.717) is 12.0 Å². The van der Waals surface area contributed by atoms with E-state index in [0.717, 1.165) is 24.0 Å². The lowest BCUT2D eigenvalue weighted by Crippen LogP contribution is -2.30. The predicted molar refractivity (Wildman–Crippen MR) is 122 cm³/mol. The third kappa shape index (κ3) is 6.19. The Bertz CT molecular complexity index is 1300. The lowest BCUT2D eigenvalue weighted by molar-refractivity contribution is 0.0978. The molecule has 0 saturated heterocycles. The number of aromatic nitrogens is 1. The Kier molecular flexibility index (Phi) is 7.56. The zero-order valence-corrected chi connectivity index (χ0v) is 19.7. The summed E-state index contributed by atoms with van der Waals surface area (Å²) in [6, 6.07) is 9.35. The molecule has 0 fully saturated rings. The van der Waals surface area contributed by atoms with Crippen molar-refractivity contribution in [3.63, 3.8) is 0 Å². The number of amides is 1. The number of pyridine rings is 1. The third-order valence-corrected chi connectivity index (χ3v) is 5.70. The summed E-state index contributed by atoms with van der Waals surface area (Å²) in [6.45, 7) is 1.89. The Hall–Kier alpha value is -2.75. The van der Waals surface area contributed by atoms with Crippen LogP contribution in [0.5, 0.6) is 5.88 Å². The van der Waals surface area contributed by atoms with Crippen LogP contribution in [0.1, 0.15) is 35.4 Å². The molecule has 0 spiro atoms. The average Bonchev–Trinajstić information content (AvgIpc) is 2.73. The summed E-state index contributed by atoms with van der Waals surface area (Å²) in [7, 11) is -3.88. The summed E-state index contributed by atoms with van der Waals surface area (Å²) in [5.41, 5.74) is 0.755. The van der Waals surface area contributed by atoms with Gasteiger partial charge < -0.3 is 4.74 Å². The Labute approximate surface area is 199 Å². The van der Waals surface area contributed by atoms with Gasteiger partial charge in [0.2, 0.25) is 15.9 Å². The van der Waals surface area contributed by atoms with Gasteiger partial charge in [0.25, 0.3) is 5.91 Å². The van der Waals surface area contributed by atoms with Crippen molar-refractivity contribution in [3.05, 3.63) is 81.5 Å². The van der Waals surface area contributed by atoms with Crippen molar-refractivity contribution < 1.29 is 26.7 Å². The van der Waals surface area contributed by atoms with Crippen molar-refractivity contribution in [1.82, 2.24) is 9.71 Å². The number of sulfonamides is 1. The van der Waals surface area contributed by atoms with Crippen molar-refractivity contribution in [2.24, 2.45) is 0 Å². The van der Waals surface area contributed by atoms with E-state index in [1.807, 2.05) is 6.92 Å². The number of nitrogens with zero attached hydrogens (tertiary/aromatic N) is 1. The second kappa shape index (κ2) is 10.0. The van der Waals surface area contributed by atoms with Crippen LogP contribution in [0, 0.1) is 11.6 Å². The number of rotatable bonds is 7. The molecule has 1 amide bonds. The molecule has 33 heavy (non-hydrogen) atoms. The Morgan fingerprint density at radius 3 is 2.36 bits per heavy atom. The van der Waals surface area contributed by atoms with Crippen molar-refractivity contribution in [2.45, 2.75) is 19.4 Å². The SMILES string of the molecule is CC[C@H](Oc1ncc(-c2cc(F)c(C(=O)NS(C)(=O)=O)cc2Cl)cc1Cl)c1ccc(F)cc1. The number of hydrogen-bond acceptors (Lipinski definition) is 5. The summed E-state index contributed by atoms with van der Waals surface area (Å²) < 4.78 is 57.8. The van der Waals surface area contributed by atoms with Gasteiger partial charge in [-0.1, -0.05) is 42.3 Å². The van der Waals surface area contributed by atoms with Gasteiger partial charge in [-0.25, -0.2) is 26.9 Å². The zero-order valence-electron chi connectivity index (χ0n) is 17.4. The van der Waals surface area contributed by atoms with E-state index in [1.165, 1.54) is 24.4 Å². The average molecular weight is 515 g/mol. The van der Waals surface area contributed by atoms with Gasteiger partial charge in [-0.2, -0.15) is 0 Å². The Balaban J connectivity index is 1.88. The molecule has 2 aromatic carbocycles. The first-order valence-corrected chi connectivity index (χ1v) is 12.2. The van der Waals surface area contributed by atoms with Gasteiger partial charge in [0.15, 0.2) is 0 Å². The lowest BCUT2D eigenvalue weighted by atomic mass is 10.0. The molecule has 0 radical (unpaired) electrons. The Morgan fingerprint density at radius 2 is 1.79 bits per heavy atom. The molecule has 0 aliphatic rings. The number of halogens is 4. The minimum Gasteiger partial charge on any atom is -0.468 e. The number of carbonyl (C=O) groups excluding carboxylic acids is 1. The maximum Gasteiger partial charge on any atom is 0.267 e. The van der Waals surface area contributed by atoms with E-state index in [9.17, 15) is 22.0 Å². The summed E-state index contributed by atoms with van der Waals surface area (Å²) in [6.07, 6.45) is 2.29. The van der Waals surface area contributed by atoms with Gasteiger partial charge in [-0.15, -0.1) is 0 Å². The summed E-state index contributed by atoms with van der Waals surface area (Å²) >= 11 is 12.5. The van der Waals surface area contributed by atoms with Crippen molar-refractivity contribution >= 4 is 39.1 Å². The van der Waals surface area contributed by atoms with E-state index in [-0.39, 0.29) is 27.3 Å². The largest absolute Gasteiger partial charge is 0.468 e. The lowest BCUT2D eigenvalue weighted by Gasteiger charge is -2.18. The van der Waals surface area contributed by atoms with Crippen LogP contribution in [0.25, 0.3) is 11.1 Å². The van der Waals surface area contributed by atoms with Gasteiger partial charge >= 0.3 is 0 Å². The summed E-state index contributed by atoms with van der Waals surface area (Å²) in [5, 5.41) is 0.114. The van der Waals surface area contributed by atoms with Gasteiger partial charge in [0, 0.05) is 22.3 Å². The molecular formula is C22H18Cl2F2N2O4S. The fraction of sp³-hybridized carbons (Fsp3) is 0.182. The molecule has 0 aliphatic carbocycles. The van der Waals surface area contributed by atoms with E-state index < -0.39 is 33.4 Å². The molecule has 11 heteroatoms. The molecule has 1 aromatic heterocycles. The van der Waals surface area contributed by atoms with Crippen LogP contribution in [0.15, 0.2) is 48.7 Å². The monoisotopic (exact) mass is 514 g/mol. The van der Waals surface area contributed by atoms with Crippen LogP contribution in [0.2, 0.25) is 10.0 Å². The van der Waals surface area contributed by atoms with Crippen LogP contribution < -0.4 is 9.46 Å². The fourth-order valence-corrected chi connectivity index (χ4v) is 3.95. The van der Waals surface area contributed by atoms with E-state index in [1.54, 1.807) is 16.9 Å². The highest BCUT2D eigenvalue weighted by atomic mass is 35.5. The predicted octanol–water partition coefficient (Wildman–Crippen LogP) is 5.55. The molecular weight excluding hydrogens is 497 g/mol. The normalized spacial score (nSPS) is 12.3. The fourth-order valence-electron chi connectivity index (χ4n) is 3.02. The van der Waals surface area contributed by atoms with Crippen molar-refractivity contribution in [2.75, 3.05) is 6.26 Å². The first-order chi connectivity index (χ1) is 15.5. The third-order valence-electron chi connectivity index (χ3n) is 4.56. The number of nitrogens with one attached hydrogen (secondary N) is 1. The highest BCUT2D eigenvalue weighted by Gasteiger charge is 2.20. The number of hydrogen-bond donors (Lipinski definition) is 1. The molecule has 0 saturated carbocycles. The number of carbonyl (C=O) groups is 1. The minimum atomic E-state index is -3.88. The van der Waals surface area contributed by atoms with E-state index in [4.69, 9.17) is 27.9 Å². The summed E-state index contributed by atoms with van der Waals surface area (Å²) in [4.78, 5) is 16.2. The standard InChI is InChI=1S/C22H18Cl2F2N2O4S/c1-3-20(12-4-6-14(25)7-5-12)32-22-18(24)8-13(11-27-22)15-10-19(26)16(9-17(15)23)21(29)28-33(2,30)31/h4-11,20H,3H2,1-2H3,(H,28,29)/t20-/m0/s1. The Morgan fingerprint density at radius 1 is 1.12 bits per heavy atom. The maximum absolute atomic E-state index is 14.5. The molecule has 1 atom stereocenters. The van der Waals surface area contributed by atoms with Gasteiger partial charge in [-0.3, -0.25) is 4.79 Å². The van der Waals surface area contributed by atoms with Crippen LogP contribution in [-0.4, -0.2) is 25.6 Å². The second-order valence-electron chi connectivity index (χ2n) is 7.09. The molecule has 1 heterocycles. The van der Waals surface area contributed by atoms with Crippen molar-refractivity contribution in [1.29, 1.82) is 0 Å². The molecule has 3 rings (SSSR count). The molecule has 0 aliphatic heterocycles. The van der Waals surface area contributed by atoms with Crippen LogP contribution >= 0.6 is 23.2 Å². The second-order valence-corrected chi connectivity index (χ2v) is 9.66. The van der Waals surface area contributed by atoms with Crippen LogP contribution in [-0.2, 0) is 10.0 Å². The highest BCUT2D eigenvalue weighted by Crippen LogP contribution is 2.35. The highest BCUT2D eigenvalue weighted by molar-refractivity contribution is 7.89. The molecule has 0 bridgehead atoms. The van der Waals surface area contributed by atoms with E-state index >= 15 is 0 Å². The summed E-state index contributed by atoms with van der Waals surface area (Å²) in [5.74, 6) is -2.36. The molecule has 174 valence electrons.